The van der Waals surface area contributed by atoms with Gasteiger partial charge in [0.1, 0.15) is 0 Å². The van der Waals surface area contributed by atoms with Crippen LogP contribution in [0.2, 0.25) is 0 Å². The second kappa shape index (κ2) is 8.41. The standard InChI is InChI=1S/C6H13N.C3H8S/c7-6-4-2-1-3-5-6;1-3-4-2/h6H,1-5,7H2;3H2,1-2H3. The van der Waals surface area contributed by atoms with Crippen LogP contribution >= 0.6 is 11.8 Å². The summed E-state index contributed by atoms with van der Waals surface area (Å²) in [6, 6.07) is 0.536. The predicted molar refractivity (Wildman–Crippen MR) is 55.1 cm³/mol. The third kappa shape index (κ3) is 8.21. The molecule has 1 nitrogen and oxygen atoms in total. The van der Waals surface area contributed by atoms with Crippen LogP contribution in [-0.4, -0.2) is 18.1 Å². The first-order valence-electron chi connectivity index (χ1n) is 4.55. The van der Waals surface area contributed by atoms with E-state index in [1.807, 2.05) is 11.8 Å². The van der Waals surface area contributed by atoms with Crippen LogP contribution in [0.4, 0.5) is 0 Å². The molecule has 68 valence electrons. The largest absolute Gasteiger partial charge is 0.328 e. The molecule has 0 aromatic heterocycles. The second-order valence-electron chi connectivity index (χ2n) is 2.98. The fourth-order valence-corrected chi connectivity index (χ4v) is 1.13. The van der Waals surface area contributed by atoms with E-state index >= 15 is 0 Å². The zero-order chi connectivity index (χ0) is 8.53. The molecule has 0 amide bonds. The summed E-state index contributed by atoms with van der Waals surface area (Å²) < 4.78 is 0. The Morgan fingerprint density at radius 1 is 1.27 bits per heavy atom. The first kappa shape index (κ1) is 11.3. The minimum atomic E-state index is 0.536. The summed E-state index contributed by atoms with van der Waals surface area (Å²) >= 11 is 1.86. The summed E-state index contributed by atoms with van der Waals surface area (Å²) in [5, 5.41) is 0. The van der Waals surface area contributed by atoms with E-state index in [-0.39, 0.29) is 0 Å². The molecule has 1 saturated carbocycles. The molecule has 2 heteroatoms. The van der Waals surface area contributed by atoms with Crippen LogP contribution in [0.15, 0.2) is 0 Å². The van der Waals surface area contributed by atoms with Crippen molar-refractivity contribution in [3.05, 3.63) is 0 Å². The van der Waals surface area contributed by atoms with E-state index in [0.717, 1.165) is 0 Å². The molecule has 0 heterocycles. The van der Waals surface area contributed by atoms with Crippen LogP contribution in [0.3, 0.4) is 0 Å². The maximum Gasteiger partial charge on any atom is 0.00388 e. The van der Waals surface area contributed by atoms with Crippen molar-refractivity contribution in [1.82, 2.24) is 0 Å². The van der Waals surface area contributed by atoms with Gasteiger partial charge in [-0.05, 0) is 24.9 Å². The normalized spacial score (nSPS) is 18.8. The van der Waals surface area contributed by atoms with Gasteiger partial charge < -0.3 is 5.73 Å². The van der Waals surface area contributed by atoms with Crippen molar-refractivity contribution in [2.45, 2.75) is 45.1 Å². The van der Waals surface area contributed by atoms with Crippen LogP contribution in [-0.2, 0) is 0 Å². The molecule has 11 heavy (non-hydrogen) atoms. The molecule has 0 aliphatic heterocycles. The zero-order valence-corrected chi connectivity index (χ0v) is 8.62. The maximum absolute atomic E-state index is 5.63. The minimum Gasteiger partial charge on any atom is -0.328 e. The van der Waals surface area contributed by atoms with Gasteiger partial charge in [-0.25, -0.2) is 0 Å². The van der Waals surface area contributed by atoms with Crippen molar-refractivity contribution in [2.24, 2.45) is 5.73 Å². The average molecular weight is 175 g/mol. The lowest BCUT2D eigenvalue weighted by atomic mass is 9.97. The molecule has 1 aliphatic rings. The molecule has 0 aromatic rings. The lowest BCUT2D eigenvalue weighted by molar-refractivity contribution is 0.441. The summed E-state index contributed by atoms with van der Waals surface area (Å²) in [5.74, 6) is 1.24. The molecule has 0 bridgehead atoms. The van der Waals surface area contributed by atoms with Gasteiger partial charge in [-0.2, -0.15) is 11.8 Å². The topological polar surface area (TPSA) is 26.0 Å². The minimum absolute atomic E-state index is 0.536. The molecular weight excluding hydrogens is 154 g/mol. The fourth-order valence-electron chi connectivity index (χ4n) is 1.13. The fraction of sp³-hybridized carbons (Fsp3) is 1.00. The van der Waals surface area contributed by atoms with Gasteiger partial charge in [-0.3, -0.25) is 0 Å². The Labute approximate surface area is 75.1 Å². The zero-order valence-electron chi connectivity index (χ0n) is 7.81. The lowest BCUT2D eigenvalue weighted by Gasteiger charge is -2.15. The summed E-state index contributed by atoms with van der Waals surface area (Å²) in [6.07, 6.45) is 8.76. The molecule has 1 fully saturated rings. The van der Waals surface area contributed by atoms with Crippen LogP contribution in [0.1, 0.15) is 39.0 Å². The van der Waals surface area contributed by atoms with Gasteiger partial charge in [0.15, 0.2) is 0 Å². The van der Waals surface area contributed by atoms with Crippen molar-refractivity contribution >= 4 is 11.8 Å². The average Bonchev–Trinajstić information content (AvgIpc) is 2.07. The Kier molecular flexibility index (Phi) is 8.64. The highest BCUT2D eigenvalue weighted by Crippen LogP contribution is 2.14. The lowest BCUT2D eigenvalue weighted by Crippen LogP contribution is -2.22. The number of hydrogen-bond donors (Lipinski definition) is 1. The van der Waals surface area contributed by atoms with E-state index in [1.165, 1.54) is 37.9 Å². The SMILES string of the molecule is CCSC.NC1CCCCC1. The van der Waals surface area contributed by atoms with E-state index in [1.54, 1.807) is 0 Å². The van der Waals surface area contributed by atoms with Gasteiger partial charge in [0, 0.05) is 6.04 Å². The smallest absolute Gasteiger partial charge is 0.00388 e. The Bertz CT molecular complexity index is 68.0. The molecule has 0 radical (unpaired) electrons. The molecule has 1 aliphatic carbocycles. The van der Waals surface area contributed by atoms with Gasteiger partial charge >= 0.3 is 0 Å². The van der Waals surface area contributed by atoms with E-state index in [9.17, 15) is 0 Å². The Morgan fingerprint density at radius 3 is 1.91 bits per heavy atom. The van der Waals surface area contributed by atoms with Gasteiger partial charge in [0.2, 0.25) is 0 Å². The third-order valence-electron chi connectivity index (χ3n) is 1.94. The quantitative estimate of drug-likeness (QED) is 0.663. The Morgan fingerprint density at radius 2 is 1.73 bits per heavy atom. The first-order valence-corrected chi connectivity index (χ1v) is 5.95. The molecular formula is C9H21NS. The summed E-state index contributed by atoms with van der Waals surface area (Å²) in [4.78, 5) is 0. The van der Waals surface area contributed by atoms with E-state index in [0.29, 0.717) is 6.04 Å². The van der Waals surface area contributed by atoms with Crippen LogP contribution < -0.4 is 5.73 Å². The molecule has 1 rings (SSSR count). The summed E-state index contributed by atoms with van der Waals surface area (Å²) in [6.45, 7) is 2.14. The molecule has 0 atom stereocenters. The van der Waals surface area contributed by atoms with Crippen molar-refractivity contribution in [2.75, 3.05) is 12.0 Å². The molecule has 0 saturated heterocycles. The van der Waals surface area contributed by atoms with Crippen LogP contribution in [0.25, 0.3) is 0 Å². The Hall–Kier alpha value is 0.310. The number of thioether (sulfide) groups is 1. The van der Waals surface area contributed by atoms with Gasteiger partial charge in [-0.1, -0.05) is 26.2 Å². The number of nitrogens with two attached hydrogens (primary N) is 1. The highest BCUT2D eigenvalue weighted by atomic mass is 32.2. The summed E-state index contributed by atoms with van der Waals surface area (Å²) in [5.41, 5.74) is 5.63. The molecule has 0 aromatic carbocycles. The Balaban J connectivity index is 0.000000218. The van der Waals surface area contributed by atoms with Crippen LogP contribution in [0.5, 0.6) is 0 Å². The van der Waals surface area contributed by atoms with Gasteiger partial charge in [-0.15, -0.1) is 0 Å². The third-order valence-corrected chi connectivity index (χ3v) is 2.52. The van der Waals surface area contributed by atoms with Crippen molar-refractivity contribution in [3.63, 3.8) is 0 Å². The van der Waals surface area contributed by atoms with E-state index in [2.05, 4.69) is 13.2 Å². The van der Waals surface area contributed by atoms with Gasteiger partial charge in [0.25, 0.3) is 0 Å². The van der Waals surface area contributed by atoms with Gasteiger partial charge in [0.05, 0.1) is 0 Å². The first-order chi connectivity index (χ1) is 5.31. The maximum atomic E-state index is 5.63. The highest BCUT2D eigenvalue weighted by molar-refractivity contribution is 7.98. The van der Waals surface area contributed by atoms with Crippen molar-refractivity contribution in [1.29, 1.82) is 0 Å². The molecule has 0 spiro atoms. The molecule has 2 N–H and O–H groups in total. The number of rotatable bonds is 1. The van der Waals surface area contributed by atoms with Crippen molar-refractivity contribution < 1.29 is 0 Å². The monoisotopic (exact) mass is 175 g/mol. The van der Waals surface area contributed by atoms with Crippen LogP contribution in [0, 0.1) is 0 Å². The predicted octanol–water partition coefficient (Wildman–Crippen LogP) is 2.65. The summed E-state index contributed by atoms with van der Waals surface area (Å²) in [7, 11) is 0. The highest BCUT2D eigenvalue weighted by Gasteiger charge is 2.06. The second-order valence-corrected chi connectivity index (χ2v) is 4.13. The number of hydrogen-bond acceptors (Lipinski definition) is 2. The van der Waals surface area contributed by atoms with E-state index < -0.39 is 0 Å². The van der Waals surface area contributed by atoms with E-state index in [4.69, 9.17) is 5.73 Å². The molecule has 0 unspecified atom stereocenters. The van der Waals surface area contributed by atoms with Crippen molar-refractivity contribution in [3.8, 4) is 0 Å².